The van der Waals surface area contributed by atoms with E-state index < -0.39 is 12.1 Å². The van der Waals surface area contributed by atoms with Crippen molar-refractivity contribution in [2.75, 3.05) is 26.3 Å². The van der Waals surface area contributed by atoms with Crippen molar-refractivity contribution in [2.24, 2.45) is 0 Å². The van der Waals surface area contributed by atoms with Gasteiger partial charge < -0.3 is 20.3 Å². The lowest BCUT2D eigenvalue weighted by molar-refractivity contribution is -0.131. The van der Waals surface area contributed by atoms with Crippen molar-refractivity contribution in [2.45, 2.75) is 13.0 Å². The average molecular weight is 370 g/mol. The molecule has 2 N–H and O–H groups in total. The maximum absolute atomic E-state index is 13.0. The van der Waals surface area contributed by atoms with Crippen molar-refractivity contribution in [3.8, 4) is 0 Å². The molecule has 0 aliphatic carbocycles. The Morgan fingerprint density at radius 2 is 1.88 bits per heavy atom. The molecule has 6 nitrogen and oxygen atoms in total. The van der Waals surface area contributed by atoms with Crippen LogP contribution in [0.1, 0.15) is 18.5 Å². The predicted octanol–water partition coefficient (Wildman–Crippen LogP) is 2.48. The minimum atomic E-state index is -0.699. The number of nitrogens with one attached hydrogen (secondary N) is 2. The van der Waals surface area contributed by atoms with Gasteiger partial charge in [-0.2, -0.15) is 0 Å². The summed E-state index contributed by atoms with van der Waals surface area (Å²) in [6.07, 6.45) is 0. The number of carbonyl (C=O) groups is 2. The number of rotatable bonds is 2. The van der Waals surface area contributed by atoms with Crippen molar-refractivity contribution >= 4 is 35.1 Å². The molecule has 24 heavy (non-hydrogen) atoms. The minimum Gasteiger partial charge on any atom is -0.378 e. The van der Waals surface area contributed by atoms with Crippen LogP contribution in [-0.2, 0) is 9.53 Å². The van der Waals surface area contributed by atoms with Gasteiger partial charge in [-0.3, -0.25) is 4.79 Å². The quantitative estimate of drug-likeness (QED) is 0.840. The van der Waals surface area contributed by atoms with Crippen LogP contribution in [0.15, 0.2) is 29.5 Å². The first-order chi connectivity index (χ1) is 11.5. The molecule has 3 rings (SSSR count). The first-order valence-electron chi connectivity index (χ1n) is 7.58. The molecule has 0 unspecified atom stereocenters. The summed E-state index contributed by atoms with van der Waals surface area (Å²) in [6, 6.07) is 3.99. The summed E-state index contributed by atoms with van der Waals surface area (Å²) < 4.78 is 5.29. The number of ether oxygens (including phenoxy) is 1. The van der Waals surface area contributed by atoms with Gasteiger partial charge in [0.05, 0.1) is 24.8 Å². The zero-order valence-electron chi connectivity index (χ0n) is 13.1. The fourth-order valence-corrected chi connectivity index (χ4v) is 3.53. The number of urea groups is 1. The van der Waals surface area contributed by atoms with Crippen molar-refractivity contribution in [3.63, 3.8) is 0 Å². The van der Waals surface area contributed by atoms with Gasteiger partial charge in [0.15, 0.2) is 0 Å². The van der Waals surface area contributed by atoms with E-state index in [4.69, 9.17) is 27.9 Å². The van der Waals surface area contributed by atoms with Gasteiger partial charge in [0, 0.05) is 34.4 Å². The molecule has 2 heterocycles. The van der Waals surface area contributed by atoms with Gasteiger partial charge in [0.2, 0.25) is 0 Å². The summed E-state index contributed by atoms with van der Waals surface area (Å²) in [4.78, 5) is 26.7. The highest BCUT2D eigenvalue weighted by atomic mass is 35.5. The molecule has 2 aliphatic rings. The Kier molecular flexibility index (Phi) is 4.99. The van der Waals surface area contributed by atoms with Crippen molar-refractivity contribution in [3.05, 3.63) is 45.1 Å². The van der Waals surface area contributed by atoms with Crippen LogP contribution >= 0.6 is 23.2 Å². The zero-order valence-corrected chi connectivity index (χ0v) is 14.6. The highest BCUT2D eigenvalue weighted by Crippen LogP contribution is 2.37. The number of hydrogen-bond donors (Lipinski definition) is 2. The molecule has 2 aliphatic heterocycles. The second kappa shape index (κ2) is 7.01. The SMILES string of the molecule is CC1=C(C(=O)N2CCOCC2)[C@H](c2c(Cl)cccc2Cl)NC(=O)N1. The lowest BCUT2D eigenvalue weighted by Crippen LogP contribution is -2.49. The largest absolute Gasteiger partial charge is 0.378 e. The molecule has 128 valence electrons. The predicted molar refractivity (Wildman–Crippen MR) is 91.0 cm³/mol. The lowest BCUT2D eigenvalue weighted by atomic mass is 9.94. The van der Waals surface area contributed by atoms with Crippen molar-refractivity contribution < 1.29 is 14.3 Å². The fourth-order valence-electron chi connectivity index (χ4n) is 2.92. The second-order valence-electron chi connectivity index (χ2n) is 5.61. The molecular weight excluding hydrogens is 353 g/mol. The van der Waals surface area contributed by atoms with E-state index in [1.807, 2.05) is 0 Å². The maximum atomic E-state index is 13.0. The molecule has 1 saturated heterocycles. The smallest absolute Gasteiger partial charge is 0.319 e. The van der Waals surface area contributed by atoms with Crippen LogP contribution in [0.25, 0.3) is 0 Å². The number of amides is 3. The molecule has 1 atom stereocenters. The number of hydrogen-bond acceptors (Lipinski definition) is 3. The molecule has 1 aromatic rings. The molecule has 8 heteroatoms. The molecule has 1 aromatic carbocycles. The first kappa shape index (κ1) is 17.1. The van der Waals surface area contributed by atoms with Crippen LogP contribution in [0.4, 0.5) is 4.79 Å². The number of morpholine rings is 1. The summed E-state index contributed by atoms with van der Waals surface area (Å²) in [6.45, 7) is 3.70. The third-order valence-electron chi connectivity index (χ3n) is 4.09. The number of halogens is 2. The third kappa shape index (κ3) is 3.22. The van der Waals surface area contributed by atoms with Gasteiger partial charge in [0.25, 0.3) is 5.91 Å². The molecular formula is C16H17Cl2N3O3. The Balaban J connectivity index is 2.04. The lowest BCUT2D eigenvalue weighted by Gasteiger charge is -2.34. The highest BCUT2D eigenvalue weighted by molar-refractivity contribution is 6.36. The Hall–Kier alpha value is -1.76. The zero-order chi connectivity index (χ0) is 17.3. The average Bonchev–Trinajstić information content (AvgIpc) is 2.54. The van der Waals surface area contributed by atoms with E-state index in [1.165, 1.54) is 0 Å². The normalized spacial score (nSPS) is 21.4. The van der Waals surface area contributed by atoms with E-state index in [9.17, 15) is 9.59 Å². The molecule has 0 spiro atoms. The van der Waals surface area contributed by atoms with Gasteiger partial charge >= 0.3 is 6.03 Å². The van der Waals surface area contributed by atoms with Crippen molar-refractivity contribution in [1.29, 1.82) is 0 Å². The fraction of sp³-hybridized carbons (Fsp3) is 0.375. The van der Waals surface area contributed by atoms with E-state index in [0.717, 1.165) is 0 Å². The van der Waals surface area contributed by atoms with Crippen LogP contribution in [0.5, 0.6) is 0 Å². The first-order valence-corrected chi connectivity index (χ1v) is 8.34. The molecule has 3 amide bonds. The van der Waals surface area contributed by atoms with E-state index in [0.29, 0.717) is 53.2 Å². The summed E-state index contributed by atoms with van der Waals surface area (Å²) >= 11 is 12.6. The van der Waals surface area contributed by atoms with Gasteiger partial charge in [-0.1, -0.05) is 29.3 Å². The van der Waals surface area contributed by atoms with Crippen LogP contribution in [0.2, 0.25) is 10.0 Å². The summed E-state index contributed by atoms with van der Waals surface area (Å²) in [5.74, 6) is -0.163. The van der Waals surface area contributed by atoms with Gasteiger partial charge in [0.1, 0.15) is 0 Å². The summed E-state index contributed by atoms with van der Waals surface area (Å²) in [7, 11) is 0. The Bertz CT molecular complexity index is 694. The molecule has 1 fully saturated rings. The second-order valence-corrected chi connectivity index (χ2v) is 6.42. The molecule has 0 saturated carbocycles. The number of carbonyl (C=O) groups excluding carboxylic acids is 2. The van der Waals surface area contributed by atoms with E-state index in [1.54, 1.807) is 30.0 Å². The van der Waals surface area contributed by atoms with Gasteiger partial charge in [-0.05, 0) is 19.1 Å². The van der Waals surface area contributed by atoms with E-state index >= 15 is 0 Å². The molecule has 0 aromatic heterocycles. The monoisotopic (exact) mass is 369 g/mol. The topological polar surface area (TPSA) is 70.7 Å². The standard InChI is InChI=1S/C16H17Cl2N3O3/c1-9-12(15(22)21-5-7-24-8-6-21)14(20-16(23)19-9)13-10(17)3-2-4-11(13)18/h2-4,14H,5-8H2,1H3,(H2,19,20,23)/t14-/m1/s1. The number of nitrogens with zero attached hydrogens (tertiary/aromatic N) is 1. The van der Waals surface area contributed by atoms with Crippen molar-refractivity contribution in [1.82, 2.24) is 15.5 Å². The highest BCUT2D eigenvalue weighted by Gasteiger charge is 2.36. The Labute approximate surface area is 149 Å². The number of benzene rings is 1. The van der Waals surface area contributed by atoms with Crippen LogP contribution in [0, 0.1) is 0 Å². The van der Waals surface area contributed by atoms with Gasteiger partial charge in [-0.25, -0.2) is 4.79 Å². The molecule has 0 bridgehead atoms. The molecule has 0 radical (unpaired) electrons. The van der Waals surface area contributed by atoms with Crippen LogP contribution in [-0.4, -0.2) is 43.1 Å². The van der Waals surface area contributed by atoms with Crippen LogP contribution in [0.3, 0.4) is 0 Å². The summed E-state index contributed by atoms with van der Waals surface area (Å²) in [5.41, 5.74) is 1.45. The maximum Gasteiger partial charge on any atom is 0.319 e. The number of allylic oxidation sites excluding steroid dienone is 1. The third-order valence-corrected chi connectivity index (χ3v) is 4.75. The van der Waals surface area contributed by atoms with E-state index in [-0.39, 0.29) is 5.91 Å². The minimum absolute atomic E-state index is 0.163. The summed E-state index contributed by atoms with van der Waals surface area (Å²) in [5, 5.41) is 6.21. The van der Waals surface area contributed by atoms with Crippen LogP contribution < -0.4 is 10.6 Å². The Morgan fingerprint density at radius 3 is 2.50 bits per heavy atom. The van der Waals surface area contributed by atoms with Gasteiger partial charge in [-0.15, -0.1) is 0 Å². The van der Waals surface area contributed by atoms with E-state index in [2.05, 4.69) is 10.6 Å². The Morgan fingerprint density at radius 1 is 1.25 bits per heavy atom.